The fourth-order valence-electron chi connectivity index (χ4n) is 2.19. The maximum atomic E-state index is 5.89. The summed E-state index contributed by atoms with van der Waals surface area (Å²) >= 11 is 0. The van der Waals surface area contributed by atoms with Gasteiger partial charge in [0.1, 0.15) is 0 Å². The van der Waals surface area contributed by atoms with Crippen molar-refractivity contribution in [3.05, 3.63) is 24.4 Å². The molecule has 0 bridgehead atoms. The number of fused-ring (bicyclic) bond motifs is 1. The van der Waals surface area contributed by atoms with Crippen molar-refractivity contribution in [3.8, 4) is 0 Å². The van der Waals surface area contributed by atoms with Crippen LogP contribution >= 0.6 is 0 Å². The first-order chi connectivity index (χ1) is 7.34. The van der Waals surface area contributed by atoms with E-state index in [2.05, 4.69) is 15.8 Å². The minimum absolute atomic E-state index is 0.826. The van der Waals surface area contributed by atoms with E-state index < -0.39 is 0 Å². The summed E-state index contributed by atoms with van der Waals surface area (Å²) in [4.78, 5) is 0. The molecule has 0 radical (unpaired) electrons. The largest absolute Gasteiger partial charge is 0.398 e. The van der Waals surface area contributed by atoms with Crippen LogP contribution in [0.25, 0.3) is 10.9 Å². The van der Waals surface area contributed by atoms with Gasteiger partial charge in [-0.1, -0.05) is 12.5 Å². The molecule has 1 aromatic carbocycles. The predicted octanol–water partition coefficient (Wildman–Crippen LogP) is 2.42. The summed E-state index contributed by atoms with van der Waals surface area (Å²) in [6.07, 6.45) is 5.96. The summed E-state index contributed by atoms with van der Waals surface area (Å²) < 4.78 is 2.09. The molecule has 0 amide bonds. The molecule has 1 aliphatic rings. The Labute approximate surface area is 88.9 Å². The highest BCUT2D eigenvalue weighted by Crippen LogP contribution is 2.29. The summed E-state index contributed by atoms with van der Waals surface area (Å²) in [6, 6.07) is 6.02. The van der Waals surface area contributed by atoms with Crippen molar-refractivity contribution < 1.29 is 0 Å². The molecule has 1 aliphatic carbocycles. The third-order valence-electron chi connectivity index (χ3n) is 3.38. The Balaban J connectivity index is 2.00. The first-order valence-electron chi connectivity index (χ1n) is 5.54. The van der Waals surface area contributed by atoms with Crippen LogP contribution in [0.1, 0.15) is 19.3 Å². The Kier molecular flexibility index (Phi) is 1.91. The van der Waals surface area contributed by atoms with Crippen molar-refractivity contribution in [2.24, 2.45) is 5.92 Å². The highest BCUT2D eigenvalue weighted by atomic mass is 15.3. The van der Waals surface area contributed by atoms with E-state index in [4.69, 9.17) is 5.73 Å². The lowest BCUT2D eigenvalue weighted by atomic mass is 9.85. The van der Waals surface area contributed by atoms with Gasteiger partial charge in [-0.25, -0.2) is 0 Å². The number of nitrogens with zero attached hydrogens (tertiary/aromatic N) is 2. The van der Waals surface area contributed by atoms with Crippen LogP contribution < -0.4 is 5.73 Å². The molecule has 1 heterocycles. The molecular weight excluding hydrogens is 186 g/mol. The molecule has 1 aromatic heterocycles. The highest BCUT2D eigenvalue weighted by Gasteiger charge is 2.19. The number of hydrogen-bond acceptors (Lipinski definition) is 2. The molecule has 3 heteroatoms. The smallest absolute Gasteiger partial charge is 0.0703 e. The number of hydrogen-bond donors (Lipinski definition) is 1. The maximum Gasteiger partial charge on any atom is 0.0703 e. The zero-order chi connectivity index (χ0) is 10.3. The van der Waals surface area contributed by atoms with Crippen molar-refractivity contribution in [2.45, 2.75) is 25.8 Å². The van der Waals surface area contributed by atoms with Crippen LogP contribution in [0, 0.1) is 5.92 Å². The Morgan fingerprint density at radius 1 is 1.40 bits per heavy atom. The van der Waals surface area contributed by atoms with Crippen LogP contribution in [0.15, 0.2) is 24.4 Å². The number of rotatable bonds is 2. The summed E-state index contributed by atoms with van der Waals surface area (Å²) in [5.74, 6) is 0.828. The van der Waals surface area contributed by atoms with E-state index in [-0.39, 0.29) is 0 Å². The van der Waals surface area contributed by atoms with Gasteiger partial charge < -0.3 is 5.73 Å². The number of benzene rings is 1. The minimum atomic E-state index is 0.826. The van der Waals surface area contributed by atoms with Gasteiger partial charge >= 0.3 is 0 Å². The lowest BCUT2D eigenvalue weighted by Crippen LogP contribution is -2.18. The molecule has 0 saturated heterocycles. The number of nitrogen functional groups attached to an aromatic ring is 1. The molecular formula is C12H15N3. The first-order valence-corrected chi connectivity index (χ1v) is 5.54. The van der Waals surface area contributed by atoms with Crippen LogP contribution in [0.4, 0.5) is 5.69 Å². The Morgan fingerprint density at radius 3 is 3.00 bits per heavy atom. The molecule has 0 atom stereocenters. The van der Waals surface area contributed by atoms with Gasteiger partial charge in [0, 0.05) is 17.6 Å². The van der Waals surface area contributed by atoms with Crippen LogP contribution in [-0.4, -0.2) is 9.78 Å². The van der Waals surface area contributed by atoms with E-state index in [0.717, 1.165) is 23.5 Å². The second-order valence-corrected chi connectivity index (χ2v) is 4.40. The van der Waals surface area contributed by atoms with Gasteiger partial charge in [-0.2, -0.15) is 5.10 Å². The molecule has 15 heavy (non-hydrogen) atoms. The van der Waals surface area contributed by atoms with Gasteiger partial charge in [-0.3, -0.25) is 4.68 Å². The average Bonchev–Trinajstić information content (AvgIpc) is 2.56. The van der Waals surface area contributed by atoms with Gasteiger partial charge in [-0.15, -0.1) is 0 Å². The lowest BCUT2D eigenvalue weighted by molar-refractivity contribution is 0.270. The molecule has 1 fully saturated rings. The third kappa shape index (κ3) is 1.39. The van der Waals surface area contributed by atoms with Gasteiger partial charge in [0.05, 0.1) is 11.7 Å². The number of nitrogens with two attached hydrogens (primary N) is 1. The van der Waals surface area contributed by atoms with Crippen molar-refractivity contribution in [1.82, 2.24) is 9.78 Å². The van der Waals surface area contributed by atoms with E-state index in [1.165, 1.54) is 24.8 Å². The summed E-state index contributed by atoms with van der Waals surface area (Å²) in [7, 11) is 0. The molecule has 1 saturated carbocycles. The summed E-state index contributed by atoms with van der Waals surface area (Å²) in [6.45, 7) is 1.05. The zero-order valence-electron chi connectivity index (χ0n) is 8.69. The van der Waals surface area contributed by atoms with Gasteiger partial charge in [0.25, 0.3) is 0 Å². The first kappa shape index (κ1) is 8.77. The Bertz CT molecular complexity index is 483. The molecule has 2 N–H and O–H groups in total. The van der Waals surface area contributed by atoms with E-state index >= 15 is 0 Å². The quantitative estimate of drug-likeness (QED) is 0.758. The van der Waals surface area contributed by atoms with Crippen molar-refractivity contribution in [3.63, 3.8) is 0 Å². The molecule has 3 rings (SSSR count). The second-order valence-electron chi connectivity index (χ2n) is 4.40. The standard InChI is InChI=1S/C12H15N3/c13-11-5-2-6-12-10(11)7-14-15(12)8-9-3-1-4-9/h2,5-7,9H,1,3-4,8,13H2. The van der Waals surface area contributed by atoms with Crippen LogP contribution in [-0.2, 0) is 6.54 Å². The fourth-order valence-corrected chi connectivity index (χ4v) is 2.19. The predicted molar refractivity (Wildman–Crippen MR) is 61.5 cm³/mol. The van der Waals surface area contributed by atoms with E-state index in [9.17, 15) is 0 Å². The van der Waals surface area contributed by atoms with Gasteiger partial charge in [0.2, 0.25) is 0 Å². The van der Waals surface area contributed by atoms with E-state index in [1.54, 1.807) is 0 Å². The van der Waals surface area contributed by atoms with Gasteiger partial charge in [-0.05, 0) is 30.9 Å². The molecule has 2 aromatic rings. The lowest BCUT2D eigenvalue weighted by Gasteiger charge is -2.25. The summed E-state index contributed by atoms with van der Waals surface area (Å²) in [5, 5.41) is 5.50. The fraction of sp³-hybridized carbons (Fsp3) is 0.417. The number of aromatic nitrogens is 2. The molecule has 0 aliphatic heterocycles. The third-order valence-corrected chi connectivity index (χ3v) is 3.38. The number of anilines is 1. The topological polar surface area (TPSA) is 43.8 Å². The van der Waals surface area contributed by atoms with Crippen LogP contribution in [0.3, 0.4) is 0 Å². The maximum absolute atomic E-state index is 5.89. The normalized spacial score (nSPS) is 16.8. The van der Waals surface area contributed by atoms with Gasteiger partial charge in [0.15, 0.2) is 0 Å². The molecule has 78 valence electrons. The van der Waals surface area contributed by atoms with Crippen molar-refractivity contribution in [1.29, 1.82) is 0 Å². The van der Waals surface area contributed by atoms with Crippen LogP contribution in [0.5, 0.6) is 0 Å². The zero-order valence-corrected chi connectivity index (χ0v) is 8.69. The molecule has 0 unspecified atom stereocenters. The molecule has 3 nitrogen and oxygen atoms in total. The SMILES string of the molecule is Nc1cccc2c1cnn2CC1CCC1. The monoisotopic (exact) mass is 201 g/mol. The molecule has 0 spiro atoms. The average molecular weight is 201 g/mol. The van der Waals surface area contributed by atoms with Crippen molar-refractivity contribution >= 4 is 16.6 Å². The van der Waals surface area contributed by atoms with Crippen LogP contribution in [0.2, 0.25) is 0 Å². The Hall–Kier alpha value is -1.51. The summed E-state index contributed by atoms with van der Waals surface area (Å²) in [5.41, 5.74) is 7.89. The van der Waals surface area contributed by atoms with E-state index in [0.29, 0.717) is 0 Å². The minimum Gasteiger partial charge on any atom is -0.398 e. The van der Waals surface area contributed by atoms with E-state index in [1.807, 2.05) is 18.3 Å². The Morgan fingerprint density at radius 2 is 2.27 bits per heavy atom. The highest BCUT2D eigenvalue weighted by molar-refractivity contribution is 5.90. The van der Waals surface area contributed by atoms with Crippen molar-refractivity contribution in [2.75, 3.05) is 5.73 Å². The second kappa shape index (κ2) is 3.26.